The number of halogens is 3. The summed E-state index contributed by atoms with van der Waals surface area (Å²) in [7, 11) is 0. The molecular formula is C12H21F3N2O2. The van der Waals surface area contributed by atoms with Gasteiger partial charge < -0.3 is 15.8 Å². The molecule has 19 heavy (non-hydrogen) atoms. The van der Waals surface area contributed by atoms with Crippen molar-refractivity contribution in [3.8, 4) is 0 Å². The third-order valence-corrected chi connectivity index (χ3v) is 3.43. The molecule has 2 unspecified atom stereocenters. The predicted molar refractivity (Wildman–Crippen MR) is 64.4 cm³/mol. The van der Waals surface area contributed by atoms with E-state index in [-0.39, 0.29) is 12.5 Å². The number of alkyl halides is 3. The van der Waals surface area contributed by atoms with Crippen LogP contribution in [-0.4, -0.2) is 36.9 Å². The molecule has 1 aliphatic carbocycles. The van der Waals surface area contributed by atoms with Crippen molar-refractivity contribution in [2.45, 2.75) is 50.9 Å². The molecule has 0 aromatic carbocycles. The first-order valence-corrected chi connectivity index (χ1v) is 6.47. The van der Waals surface area contributed by atoms with Gasteiger partial charge in [0.25, 0.3) is 0 Å². The van der Waals surface area contributed by atoms with E-state index in [0.29, 0.717) is 6.54 Å². The minimum absolute atomic E-state index is 0.0306. The summed E-state index contributed by atoms with van der Waals surface area (Å²) in [6.45, 7) is 3.01. The van der Waals surface area contributed by atoms with Crippen LogP contribution in [0.4, 0.5) is 13.2 Å². The van der Waals surface area contributed by atoms with Gasteiger partial charge in [0, 0.05) is 0 Å². The molecule has 1 fully saturated rings. The van der Waals surface area contributed by atoms with Gasteiger partial charge in [-0.25, -0.2) is 0 Å². The van der Waals surface area contributed by atoms with Crippen molar-refractivity contribution in [3.05, 3.63) is 0 Å². The van der Waals surface area contributed by atoms with Crippen molar-refractivity contribution in [2.75, 3.05) is 13.2 Å². The van der Waals surface area contributed by atoms with E-state index in [1.54, 1.807) is 0 Å². The Kier molecular flexibility index (Phi) is 5.20. The lowest BCUT2D eigenvalue weighted by atomic mass is 9.93. The highest BCUT2D eigenvalue weighted by Gasteiger charge is 2.51. The first kappa shape index (κ1) is 16.2. The minimum atomic E-state index is -4.43. The third kappa shape index (κ3) is 4.07. The molecule has 0 aliphatic heterocycles. The molecule has 7 heteroatoms. The number of nitrogens with two attached hydrogens (primary N) is 1. The van der Waals surface area contributed by atoms with Crippen molar-refractivity contribution in [1.29, 1.82) is 0 Å². The highest BCUT2D eigenvalue weighted by Crippen LogP contribution is 2.40. The summed E-state index contributed by atoms with van der Waals surface area (Å²) >= 11 is 0. The van der Waals surface area contributed by atoms with E-state index in [4.69, 9.17) is 10.5 Å². The molecule has 2 atom stereocenters. The summed E-state index contributed by atoms with van der Waals surface area (Å²) in [6.07, 6.45) is -4.02. The molecule has 0 radical (unpaired) electrons. The maximum atomic E-state index is 12.4. The average Bonchev–Trinajstić information content (AvgIpc) is 3.12. The molecule has 0 saturated heterocycles. The van der Waals surface area contributed by atoms with Gasteiger partial charge in [-0.15, -0.1) is 0 Å². The zero-order valence-corrected chi connectivity index (χ0v) is 11.2. The van der Waals surface area contributed by atoms with Crippen molar-refractivity contribution >= 4 is 5.91 Å². The number of ether oxygens (including phenoxy) is 1. The summed E-state index contributed by atoms with van der Waals surface area (Å²) in [6, 6.07) is 0. The second-order valence-electron chi connectivity index (χ2n) is 5.03. The molecule has 0 aromatic rings. The zero-order chi connectivity index (χ0) is 14.7. The second kappa shape index (κ2) is 6.09. The molecule has 0 spiro atoms. The first-order valence-electron chi connectivity index (χ1n) is 6.47. The summed E-state index contributed by atoms with van der Waals surface area (Å²) in [4.78, 5) is 11.7. The summed E-state index contributed by atoms with van der Waals surface area (Å²) in [5.41, 5.74) is 4.21. The van der Waals surface area contributed by atoms with Crippen molar-refractivity contribution < 1.29 is 22.7 Å². The Hall–Kier alpha value is -0.820. The van der Waals surface area contributed by atoms with Crippen molar-refractivity contribution in [1.82, 2.24) is 5.32 Å². The summed E-state index contributed by atoms with van der Waals surface area (Å²) < 4.78 is 42.1. The highest BCUT2D eigenvalue weighted by atomic mass is 19.4. The molecule has 0 bridgehead atoms. The van der Waals surface area contributed by atoms with Crippen LogP contribution in [0.3, 0.4) is 0 Å². The predicted octanol–water partition coefficient (Wildman–Crippen LogP) is 1.59. The Balaban J connectivity index is 2.71. The molecule has 1 saturated carbocycles. The maximum Gasteiger partial charge on any atom is 0.414 e. The van der Waals surface area contributed by atoms with Crippen LogP contribution >= 0.6 is 0 Å². The number of carbonyl (C=O) groups is 1. The lowest BCUT2D eigenvalue weighted by molar-refractivity contribution is -0.219. The van der Waals surface area contributed by atoms with E-state index in [2.05, 4.69) is 5.32 Å². The first-order chi connectivity index (χ1) is 8.74. The van der Waals surface area contributed by atoms with Crippen LogP contribution in [0, 0.1) is 5.92 Å². The third-order valence-electron chi connectivity index (χ3n) is 3.43. The fourth-order valence-electron chi connectivity index (χ4n) is 1.95. The number of amides is 1. The van der Waals surface area contributed by atoms with Crippen LogP contribution in [0.1, 0.15) is 33.1 Å². The molecule has 0 heterocycles. The number of hydrogen-bond acceptors (Lipinski definition) is 3. The number of rotatable bonds is 8. The van der Waals surface area contributed by atoms with Crippen LogP contribution in [0.5, 0.6) is 0 Å². The molecule has 0 aromatic heterocycles. The lowest BCUT2D eigenvalue weighted by Crippen LogP contribution is -2.61. The Morgan fingerprint density at radius 2 is 2.05 bits per heavy atom. The van der Waals surface area contributed by atoms with Gasteiger partial charge >= 0.3 is 6.18 Å². The van der Waals surface area contributed by atoms with Crippen LogP contribution in [0.25, 0.3) is 0 Å². The Morgan fingerprint density at radius 3 is 2.42 bits per heavy atom. The van der Waals surface area contributed by atoms with Crippen LogP contribution in [-0.2, 0) is 9.53 Å². The minimum Gasteiger partial charge on any atom is -0.368 e. The van der Waals surface area contributed by atoms with E-state index in [9.17, 15) is 18.0 Å². The molecule has 1 aliphatic rings. The van der Waals surface area contributed by atoms with Crippen LogP contribution in [0.15, 0.2) is 0 Å². The van der Waals surface area contributed by atoms with Gasteiger partial charge in [-0.05, 0) is 38.6 Å². The van der Waals surface area contributed by atoms with E-state index in [0.717, 1.165) is 26.2 Å². The number of hydrogen-bond donors (Lipinski definition) is 2. The molecular weight excluding hydrogens is 261 g/mol. The quantitative estimate of drug-likeness (QED) is 0.710. The van der Waals surface area contributed by atoms with Gasteiger partial charge in [0.15, 0.2) is 6.10 Å². The monoisotopic (exact) mass is 282 g/mol. The number of nitrogens with one attached hydrogen (secondary N) is 1. The topological polar surface area (TPSA) is 64.3 Å². The van der Waals surface area contributed by atoms with E-state index in [1.807, 2.05) is 6.92 Å². The smallest absolute Gasteiger partial charge is 0.368 e. The molecule has 4 nitrogen and oxygen atoms in total. The molecule has 1 amide bonds. The van der Waals surface area contributed by atoms with E-state index >= 15 is 0 Å². The van der Waals surface area contributed by atoms with Gasteiger partial charge in [0.05, 0.1) is 6.61 Å². The molecule has 112 valence electrons. The zero-order valence-electron chi connectivity index (χ0n) is 11.2. The van der Waals surface area contributed by atoms with Gasteiger partial charge in [0.1, 0.15) is 5.54 Å². The maximum absolute atomic E-state index is 12.4. The average molecular weight is 282 g/mol. The van der Waals surface area contributed by atoms with Gasteiger partial charge in [-0.3, -0.25) is 4.79 Å². The summed E-state index contributed by atoms with van der Waals surface area (Å²) in [5.74, 6) is -0.671. The highest BCUT2D eigenvalue weighted by molar-refractivity contribution is 5.85. The Labute approximate surface area is 110 Å². The Morgan fingerprint density at radius 1 is 1.47 bits per heavy atom. The number of primary amides is 1. The molecule has 1 rings (SSSR count). The van der Waals surface area contributed by atoms with Gasteiger partial charge in [-0.2, -0.15) is 13.2 Å². The van der Waals surface area contributed by atoms with E-state index in [1.165, 1.54) is 0 Å². The lowest BCUT2D eigenvalue weighted by Gasteiger charge is -2.33. The van der Waals surface area contributed by atoms with Crippen LogP contribution < -0.4 is 11.1 Å². The SMILES string of the molecule is CCCNC(COC(C)C(F)(F)F)(C(N)=O)C1CC1. The van der Waals surface area contributed by atoms with Gasteiger partial charge in [0.2, 0.25) is 5.91 Å². The largest absolute Gasteiger partial charge is 0.414 e. The Bertz CT molecular complexity index is 319. The molecule has 3 N–H and O–H groups in total. The van der Waals surface area contributed by atoms with Crippen LogP contribution in [0.2, 0.25) is 0 Å². The van der Waals surface area contributed by atoms with E-state index < -0.39 is 23.7 Å². The fraction of sp³-hybridized carbons (Fsp3) is 0.917. The summed E-state index contributed by atoms with van der Waals surface area (Å²) in [5, 5.41) is 2.98. The van der Waals surface area contributed by atoms with Crippen molar-refractivity contribution in [2.24, 2.45) is 11.7 Å². The van der Waals surface area contributed by atoms with Crippen molar-refractivity contribution in [3.63, 3.8) is 0 Å². The number of carbonyl (C=O) groups excluding carboxylic acids is 1. The standard InChI is InChI=1S/C12H21F3N2O2/c1-3-6-17-11(10(16)18,9-4-5-9)7-19-8(2)12(13,14)15/h8-9,17H,3-7H2,1-2H3,(H2,16,18). The second-order valence-corrected chi connectivity index (χ2v) is 5.03. The van der Waals surface area contributed by atoms with Gasteiger partial charge in [-0.1, -0.05) is 6.92 Å². The normalized spacial score (nSPS) is 20.9. The fourth-order valence-corrected chi connectivity index (χ4v) is 1.95.